The van der Waals surface area contributed by atoms with E-state index in [1.807, 2.05) is 48.5 Å². The number of anilines is 1. The van der Waals surface area contributed by atoms with Gasteiger partial charge in [-0.3, -0.25) is 4.79 Å². The first-order valence-electron chi connectivity index (χ1n) is 8.09. The van der Waals surface area contributed by atoms with E-state index < -0.39 is 0 Å². The van der Waals surface area contributed by atoms with Crippen LogP contribution in [0.2, 0.25) is 5.02 Å². The molecule has 2 heterocycles. The molecule has 4 rings (SSSR count). The van der Waals surface area contributed by atoms with Crippen molar-refractivity contribution < 1.29 is 9.53 Å². The Kier molecular flexibility index (Phi) is 4.19. The number of pyridine rings is 1. The van der Waals surface area contributed by atoms with E-state index in [1.54, 1.807) is 25.4 Å². The number of benzene rings is 2. The van der Waals surface area contributed by atoms with Crippen molar-refractivity contribution in [3.63, 3.8) is 0 Å². The number of carbonyl (C=O) groups excluding carboxylic acids is 1. The van der Waals surface area contributed by atoms with Gasteiger partial charge < -0.3 is 10.1 Å². The number of hydrogen-bond acceptors (Lipinski definition) is 3. The van der Waals surface area contributed by atoms with Gasteiger partial charge in [-0.25, -0.2) is 4.98 Å². The van der Waals surface area contributed by atoms with Gasteiger partial charge in [-0.1, -0.05) is 41.9 Å². The van der Waals surface area contributed by atoms with E-state index in [0.717, 1.165) is 28.0 Å². The molecule has 1 N–H and O–H groups in total. The molecular weight excluding hydrogens is 348 g/mol. The van der Waals surface area contributed by atoms with Gasteiger partial charge in [-0.2, -0.15) is 0 Å². The Hall–Kier alpha value is -3.11. The fourth-order valence-electron chi connectivity index (χ4n) is 3.10. The maximum atomic E-state index is 12.8. The molecule has 5 heteroatoms. The maximum Gasteiger partial charge on any atom is 0.257 e. The lowest BCUT2D eigenvalue weighted by Crippen LogP contribution is -2.07. The van der Waals surface area contributed by atoms with E-state index in [-0.39, 0.29) is 5.91 Å². The lowest BCUT2D eigenvalue weighted by atomic mass is 9.91. The van der Waals surface area contributed by atoms with Gasteiger partial charge in [0.1, 0.15) is 0 Å². The number of nitrogens with zero attached hydrogens (tertiary/aromatic N) is 1. The first-order valence-corrected chi connectivity index (χ1v) is 8.46. The van der Waals surface area contributed by atoms with Crippen LogP contribution in [0.3, 0.4) is 0 Å². The number of amides is 1. The third-order valence-electron chi connectivity index (χ3n) is 4.27. The standard InChI is InChI=1S/C21H15ClN2O2/c1-26-18-10-7-14(12-23-18)19(13-5-3-2-4-6-13)20-16-11-15(22)8-9-17(16)24-21(20)25/h2-12H,1H3,(H,24,25)/b20-19+. The molecule has 0 unspecified atom stereocenters. The smallest absolute Gasteiger partial charge is 0.257 e. The summed E-state index contributed by atoms with van der Waals surface area (Å²) in [6.07, 6.45) is 1.71. The van der Waals surface area contributed by atoms with Crippen LogP contribution in [-0.2, 0) is 4.79 Å². The highest BCUT2D eigenvalue weighted by atomic mass is 35.5. The van der Waals surface area contributed by atoms with E-state index in [1.165, 1.54) is 0 Å². The number of aromatic nitrogens is 1. The zero-order valence-electron chi connectivity index (χ0n) is 14.0. The summed E-state index contributed by atoms with van der Waals surface area (Å²) >= 11 is 6.18. The number of carbonyl (C=O) groups is 1. The van der Waals surface area contributed by atoms with Gasteiger partial charge in [0.25, 0.3) is 5.91 Å². The first kappa shape index (κ1) is 16.4. The normalized spacial score (nSPS) is 14.6. The van der Waals surface area contributed by atoms with Gasteiger partial charge in [0.2, 0.25) is 5.88 Å². The molecule has 0 atom stereocenters. The molecule has 0 radical (unpaired) electrons. The Labute approximate surface area is 156 Å². The van der Waals surface area contributed by atoms with E-state index >= 15 is 0 Å². The quantitative estimate of drug-likeness (QED) is 0.690. The van der Waals surface area contributed by atoms with Crippen molar-refractivity contribution in [3.05, 3.63) is 88.6 Å². The molecule has 3 aromatic rings. The summed E-state index contributed by atoms with van der Waals surface area (Å²) in [4.78, 5) is 17.1. The lowest BCUT2D eigenvalue weighted by molar-refractivity contribution is -0.110. The largest absolute Gasteiger partial charge is 0.481 e. The molecule has 0 fully saturated rings. The third-order valence-corrected chi connectivity index (χ3v) is 4.51. The Bertz CT molecular complexity index is 1010. The van der Waals surface area contributed by atoms with Crippen molar-refractivity contribution >= 4 is 34.3 Å². The van der Waals surface area contributed by atoms with Crippen LogP contribution in [0.4, 0.5) is 5.69 Å². The summed E-state index contributed by atoms with van der Waals surface area (Å²) in [5.41, 5.74) is 4.69. The Morgan fingerprint density at radius 1 is 1.04 bits per heavy atom. The highest BCUT2D eigenvalue weighted by molar-refractivity contribution is 6.39. The molecule has 0 saturated carbocycles. The van der Waals surface area contributed by atoms with Crippen LogP contribution in [0.1, 0.15) is 16.7 Å². The molecular formula is C21H15ClN2O2. The molecule has 0 bridgehead atoms. The predicted molar refractivity (Wildman–Crippen MR) is 103 cm³/mol. The molecule has 1 amide bonds. The molecule has 4 nitrogen and oxygen atoms in total. The topological polar surface area (TPSA) is 51.2 Å². The zero-order valence-corrected chi connectivity index (χ0v) is 14.7. The Morgan fingerprint density at radius 3 is 2.54 bits per heavy atom. The summed E-state index contributed by atoms with van der Waals surface area (Å²) in [5.74, 6) is 0.363. The fraction of sp³-hybridized carbons (Fsp3) is 0.0476. The van der Waals surface area contributed by atoms with Crippen molar-refractivity contribution in [1.82, 2.24) is 4.98 Å². The fourth-order valence-corrected chi connectivity index (χ4v) is 3.27. The van der Waals surface area contributed by atoms with Gasteiger partial charge in [-0.05, 0) is 29.8 Å². The van der Waals surface area contributed by atoms with E-state index in [4.69, 9.17) is 16.3 Å². The summed E-state index contributed by atoms with van der Waals surface area (Å²) in [6, 6.07) is 18.9. The summed E-state index contributed by atoms with van der Waals surface area (Å²) in [7, 11) is 1.57. The molecule has 0 saturated heterocycles. The van der Waals surface area contributed by atoms with Crippen LogP contribution in [0.25, 0.3) is 11.1 Å². The monoisotopic (exact) mass is 362 g/mol. The van der Waals surface area contributed by atoms with Crippen molar-refractivity contribution in [3.8, 4) is 5.88 Å². The minimum atomic E-state index is -0.156. The number of ether oxygens (including phenoxy) is 1. The molecule has 1 aromatic heterocycles. The van der Waals surface area contributed by atoms with Gasteiger partial charge >= 0.3 is 0 Å². The highest BCUT2D eigenvalue weighted by Gasteiger charge is 2.29. The summed E-state index contributed by atoms with van der Waals surface area (Å²) in [6.45, 7) is 0. The van der Waals surface area contributed by atoms with Crippen LogP contribution >= 0.6 is 11.6 Å². The van der Waals surface area contributed by atoms with E-state index in [2.05, 4.69) is 10.3 Å². The third kappa shape index (κ3) is 2.85. The minimum absolute atomic E-state index is 0.156. The van der Waals surface area contributed by atoms with Gasteiger partial charge in [-0.15, -0.1) is 0 Å². The van der Waals surface area contributed by atoms with Gasteiger partial charge in [0.05, 0.1) is 12.7 Å². The predicted octanol–water partition coefficient (Wildman–Crippen LogP) is 4.65. The molecule has 26 heavy (non-hydrogen) atoms. The van der Waals surface area contributed by atoms with Crippen molar-refractivity contribution in [2.45, 2.75) is 0 Å². The molecule has 2 aromatic carbocycles. The number of fused-ring (bicyclic) bond motifs is 1. The summed E-state index contributed by atoms with van der Waals surface area (Å²) < 4.78 is 5.15. The second-order valence-corrected chi connectivity index (χ2v) is 6.29. The zero-order chi connectivity index (χ0) is 18.1. The number of hydrogen-bond donors (Lipinski definition) is 1. The highest BCUT2D eigenvalue weighted by Crippen LogP contribution is 2.40. The Morgan fingerprint density at radius 2 is 1.85 bits per heavy atom. The number of methoxy groups -OCH3 is 1. The van der Waals surface area contributed by atoms with Crippen molar-refractivity contribution in [2.75, 3.05) is 12.4 Å². The van der Waals surface area contributed by atoms with Crippen LogP contribution in [-0.4, -0.2) is 18.0 Å². The van der Waals surface area contributed by atoms with Crippen LogP contribution in [0.5, 0.6) is 5.88 Å². The van der Waals surface area contributed by atoms with Gasteiger partial charge in [0, 0.05) is 39.7 Å². The van der Waals surface area contributed by atoms with E-state index in [9.17, 15) is 4.79 Å². The SMILES string of the molecule is COc1ccc(/C(=C2/C(=O)Nc3ccc(Cl)cc32)c2ccccc2)cn1. The molecule has 1 aliphatic heterocycles. The molecule has 1 aliphatic rings. The van der Waals surface area contributed by atoms with Crippen LogP contribution in [0, 0.1) is 0 Å². The molecule has 0 aliphatic carbocycles. The average Bonchev–Trinajstić information content (AvgIpc) is 2.99. The van der Waals surface area contributed by atoms with Gasteiger partial charge in [0.15, 0.2) is 0 Å². The summed E-state index contributed by atoms with van der Waals surface area (Å²) in [5, 5.41) is 3.50. The number of nitrogens with one attached hydrogen (secondary N) is 1. The average molecular weight is 363 g/mol. The lowest BCUT2D eigenvalue weighted by Gasteiger charge is -2.12. The number of rotatable bonds is 3. The van der Waals surface area contributed by atoms with Crippen molar-refractivity contribution in [1.29, 1.82) is 0 Å². The Balaban J connectivity index is 2.01. The second-order valence-electron chi connectivity index (χ2n) is 5.85. The number of halogens is 1. The van der Waals surface area contributed by atoms with Crippen molar-refractivity contribution in [2.24, 2.45) is 0 Å². The molecule has 128 valence electrons. The first-order chi connectivity index (χ1) is 12.7. The minimum Gasteiger partial charge on any atom is -0.481 e. The van der Waals surface area contributed by atoms with E-state index in [0.29, 0.717) is 16.5 Å². The maximum absolute atomic E-state index is 12.8. The van der Waals surface area contributed by atoms with Crippen LogP contribution < -0.4 is 10.1 Å². The second kappa shape index (κ2) is 6.65. The van der Waals surface area contributed by atoms with Crippen LogP contribution in [0.15, 0.2) is 66.9 Å². The molecule has 0 spiro atoms.